The number of benzene rings is 2. The third-order valence-corrected chi connectivity index (χ3v) is 4.68. The maximum Gasteiger partial charge on any atom is 0.248 e. The number of aromatic nitrogens is 2. The molecule has 0 amide bonds. The zero-order valence-electron chi connectivity index (χ0n) is 16.2. The van der Waals surface area contributed by atoms with Crippen LogP contribution in [-0.4, -0.2) is 10.2 Å². The van der Waals surface area contributed by atoms with Crippen molar-refractivity contribution in [1.29, 1.82) is 0 Å². The van der Waals surface area contributed by atoms with E-state index in [0.717, 1.165) is 11.1 Å². The van der Waals surface area contributed by atoms with Crippen molar-refractivity contribution in [2.45, 2.75) is 52.4 Å². The lowest BCUT2D eigenvalue weighted by atomic mass is 9.79. The molecule has 4 heteroatoms. The summed E-state index contributed by atoms with van der Waals surface area (Å²) in [6.45, 7) is 13.3. The molecule has 136 valence electrons. The Bertz CT molecular complexity index is 880. The summed E-state index contributed by atoms with van der Waals surface area (Å²) >= 11 is 5.95. The summed E-state index contributed by atoms with van der Waals surface area (Å²) in [4.78, 5) is 0. The Kier molecular flexibility index (Phi) is 4.70. The fourth-order valence-electron chi connectivity index (χ4n) is 2.67. The summed E-state index contributed by atoms with van der Waals surface area (Å²) < 4.78 is 5.97. The molecular weight excluding hydrogens is 344 g/mol. The molecule has 0 saturated carbocycles. The fourth-order valence-corrected chi connectivity index (χ4v) is 2.79. The van der Waals surface area contributed by atoms with Gasteiger partial charge in [-0.2, -0.15) is 0 Å². The van der Waals surface area contributed by atoms with Gasteiger partial charge in [-0.3, -0.25) is 0 Å². The van der Waals surface area contributed by atoms with Gasteiger partial charge in [0.05, 0.1) is 0 Å². The highest BCUT2D eigenvalue weighted by Crippen LogP contribution is 2.34. The maximum absolute atomic E-state index is 5.97. The van der Waals surface area contributed by atoms with E-state index >= 15 is 0 Å². The van der Waals surface area contributed by atoms with E-state index < -0.39 is 0 Å². The molecule has 0 unspecified atom stereocenters. The monoisotopic (exact) mass is 368 g/mol. The van der Waals surface area contributed by atoms with Crippen molar-refractivity contribution in [3.63, 3.8) is 0 Å². The van der Waals surface area contributed by atoms with Gasteiger partial charge in [-0.05, 0) is 58.4 Å². The highest BCUT2D eigenvalue weighted by molar-refractivity contribution is 6.30. The van der Waals surface area contributed by atoms with Crippen LogP contribution in [0.25, 0.3) is 22.9 Å². The molecule has 0 fully saturated rings. The third-order valence-electron chi connectivity index (χ3n) is 4.43. The lowest BCUT2D eigenvalue weighted by molar-refractivity contribution is 0.564. The summed E-state index contributed by atoms with van der Waals surface area (Å²) in [6, 6.07) is 14.0. The molecule has 26 heavy (non-hydrogen) atoms. The van der Waals surface area contributed by atoms with Crippen LogP contribution in [0.5, 0.6) is 0 Å². The van der Waals surface area contributed by atoms with Crippen LogP contribution in [0.3, 0.4) is 0 Å². The van der Waals surface area contributed by atoms with Gasteiger partial charge in [-0.1, -0.05) is 59.2 Å². The zero-order chi connectivity index (χ0) is 19.1. The van der Waals surface area contributed by atoms with E-state index in [1.165, 1.54) is 11.1 Å². The molecule has 0 bridgehead atoms. The minimum absolute atomic E-state index is 0.0367. The molecule has 1 heterocycles. The number of hydrogen-bond donors (Lipinski definition) is 0. The van der Waals surface area contributed by atoms with Crippen LogP contribution in [0.1, 0.15) is 52.7 Å². The minimum Gasteiger partial charge on any atom is -0.416 e. The standard InChI is InChI=1S/C22H25ClN2O/c1-21(2,3)16-11-15(12-17(13-16)22(4,5)6)20-25-24-19(26-20)14-7-9-18(23)10-8-14/h7-13H,1-6H3. The van der Waals surface area contributed by atoms with E-state index in [9.17, 15) is 0 Å². The number of hydrogen-bond acceptors (Lipinski definition) is 3. The van der Waals surface area contributed by atoms with Crippen LogP contribution in [0.2, 0.25) is 5.02 Å². The number of halogens is 1. The second-order valence-electron chi connectivity index (χ2n) is 8.72. The van der Waals surface area contributed by atoms with E-state index in [2.05, 4.69) is 69.9 Å². The average molecular weight is 369 g/mol. The van der Waals surface area contributed by atoms with Crippen LogP contribution in [0, 0.1) is 0 Å². The van der Waals surface area contributed by atoms with Gasteiger partial charge in [-0.25, -0.2) is 0 Å². The first kappa shape index (κ1) is 18.7. The summed E-state index contributed by atoms with van der Waals surface area (Å²) in [5, 5.41) is 9.18. The molecule has 0 saturated heterocycles. The first-order valence-corrected chi connectivity index (χ1v) is 9.18. The fraction of sp³-hybridized carbons (Fsp3) is 0.364. The van der Waals surface area contributed by atoms with E-state index in [-0.39, 0.29) is 10.8 Å². The van der Waals surface area contributed by atoms with Gasteiger partial charge in [0.15, 0.2) is 0 Å². The predicted octanol–water partition coefficient (Wildman–Crippen LogP) is 6.65. The second kappa shape index (κ2) is 6.55. The lowest BCUT2D eigenvalue weighted by Crippen LogP contribution is -2.16. The molecule has 0 atom stereocenters. The molecule has 2 aromatic carbocycles. The van der Waals surface area contributed by atoms with Gasteiger partial charge in [0, 0.05) is 16.1 Å². The largest absolute Gasteiger partial charge is 0.416 e. The Morgan fingerprint density at radius 3 is 1.62 bits per heavy atom. The molecule has 0 aliphatic carbocycles. The van der Waals surface area contributed by atoms with Crippen molar-refractivity contribution in [3.8, 4) is 22.9 Å². The molecule has 0 aliphatic heterocycles. The lowest BCUT2D eigenvalue weighted by Gasteiger charge is -2.25. The van der Waals surface area contributed by atoms with Crippen molar-refractivity contribution in [2.75, 3.05) is 0 Å². The summed E-state index contributed by atoms with van der Waals surface area (Å²) in [5.74, 6) is 1.03. The minimum atomic E-state index is 0.0367. The Morgan fingerprint density at radius 1 is 0.692 bits per heavy atom. The smallest absolute Gasteiger partial charge is 0.248 e. The van der Waals surface area contributed by atoms with Gasteiger partial charge >= 0.3 is 0 Å². The van der Waals surface area contributed by atoms with Gasteiger partial charge in [0.1, 0.15) is 0 Å². The van der Waals surface area contributed by atoms with Crippen molar-refractivity contribution >= 4 is 11.6 Å². The van der Waals surface area contributed by atoms with Crippen LogP contribution in [0.4, 0.5) is 0 Å². The molecule has 1 aromatic heterocycles. The predicted molar refractivity (Wildman–Crippen MR) is 108 cm³/mol. The Labute approximate surface area is 160 Å². The highest BCUT2D eigenvalue weighted by Gasteiger charge is 2.22. The van der Waals surface area contributed by atoms with E-state index in [1.807, 2.05) is 24.3 Å². The van der Waals surface area contributed by atoms with E-state index in [1.54, 1.807) is 0 Å². The first-order valence-electron chi connectivity index (χ1n) is 8.80. The van der Waals surface area contributed by atoms with Gasteiger partial charge in [0.25, 0.3) is 0 Å². The van der Waals surface area contributed by atoms with Crippen molar-refractivity contribution < 1.29 is 4.42 Å². The number of rotatable bonds is 2. The molecule has 0 aliphatic rings. The Morgan fingerprint density at radius 2 is 1.15 bits per heavy atom. The molecule has 0 radical (unpaired) electrons. The van der Waals surface area contributed by atoms with Crippen LogP contribution in [-0.2, 0) is 10.8 Å². The molecular formula is C22H25ClN2O. The van der Waals surface area contributed by atoms with Gasteiger partial charge in [-0.15, -0.1) is 10.2 Å². The number of nitrogens with zero attached hydrogens (tertiary/aromatic N) is 2. The first-order chi connectivity index (χ1) is 12.0. The molecule has 3 nitrogen and oxygen atoms in total. The Hall–Kier alpha value is -2.13. The average Bonchev–Trinajstić information content (AvgIpc) is 3.03. The molecule has 3 rings (SSSR count). The molecule has 3 aromatic rings. The quantitative estimate of drug-likeness (QED) is 0.508. The maximum atomic E-state index is 5.97. The highest BCUT2D eigenvalue weighted by atomic mass is 35.5. The van der Waals surface area contributed by atoms with Gasteiger partial charge in [0.2, 0.25) is 11.8 Å². The molecule has 0 N–H and O–H groups in total. The summed E-state index contributed by atoms with van der Waals surface area (Å²) in [6.07, 6.45) is 0. The summed E-state index contributed by atoms with van der Waals surface area (Å²) in [7, 11) is 0. The zero-order valence-corrected chi connectivity index (χ0v) is 17.0. The van der Waals surface area contributed by atoms with E-state index in [4.69, 9.17) is 16.0 Å². The molecule has 0 spiro atoms. The topological polar surface area (TPSA) is 38.9 Å². The Balaban J connectivity index is 2.07. The van der Waals surface area contributed by atoms with Crippen molar-refractivity contribution in [3.05, 3.63) is 58.6 Å². The van der Waals surface area contributed by atoms with Crippen molar-refractivity contribution in [2.24, 2.45) is 0 Å². The normalized spacial score (nSPS) is 12.4. The second-order valence-corrected chi connectivity index (χ2v) is 9.15. The SMILES string of the molecule is CC(C)(C)c1cc(-c2nnc(-c3ccc(Cl)cc3)o2)cc(C(C)(C)C)c1. The third kappa shape index (κ3) is 3.99. The van der Waals surface area contributed by atoms with E-state index in [0.29, 0.717) is 16.8 Å². The van der Waals surface area contributed by atoms with Crippen molar-refractivity contribution in [1.82, 2.24) is 10.2 Å². The summed E-state index contributed by atoms with van der Waals surface area (Å²) in [5.41, 5.74) is 4.40. The van der Waals surface area contributed by atoms with Crippen LogP contribution < -0.4 is 0 Å². The van der Waals surface area contributed by atoms with Crippen LogP contribution >= 0.6 is 11.6 Å². The van der Waals surface area contributed by atoms with Gasteiger partial charge < -0.3 is 4.42 Å². The van der Waals surface area contributed by atoms with Crippen LogP contribution in [0.15, 0.2) is 46.9 Å².